The van der Waals surface area contributed by atoms with E-state index in [0.717, 1.165) is 40.5 Å². The van der Waals surface area contributed by atoms with Gasteiger partial charge in [-0.2, -0.15) is 0 Å². The fourth-order valence-electron chi connectivity index (χ4n) is 2.17. The van der Waals surface area contributed by atoms with Crippen LogP contribution in [-0.2, 0) is 6.54 Å². The minimum Gasteiger partial charge on any atom is -0.490 e. The monoisotopic (exact) mass is 260 g/mol. The molecule has 1 aromatic heterocycles. The first-order chi connectivity index (χ1) is 9.29. The molecule has 0 atom stereocenters. The minimum atomic E-state index is 0.402. The Bertz CT molecular complexity index is 592. The lowest BCUT2D eigenvalue weighted by atomic mass is 10.1. The van der Waals surface area contributed by atoms with Crippen LogP contribution in [0.1, 0.15) is 17.7 Å². The van der Waals surface area contributed by atoms with Gasteiger partial charge in [-0.05, 0) is 25.1 Å². The average Bonchev–Trinajstić information content (AvgIpc) is 2.66. The molecule has 2 aromatic rings. The molecule has 2 N–H and O–H groups in total. The number of fused-ring (bicyclic) bond motifs is 1. The zero-order valence-electron chi connectivity index (χ0n) is 10.8. The third kappa shape index (κ3) is 2.17. The average molecular weight is 260 g/mol. The number of rotatable bonds is 2. The second-order valence-corrected chi connectivity index (χ2v) is 4.48. The topological polar surface area (TPSA) is 70.5 Å². The lowest BCUT2D eigenvalue weighted by Crippen LogP contribution is -1.99. The Labute approximate surface area is 111 Å². The summed E-state index contributed by atoms with van der Waals surface area (Å²) in [5.74, 6) is 2.28. The van der Waals surface area contributed by atoms with E-state index in [4.69, 9.17) is 19.7 Å². The summed E-state index contributed by atoms with van der Waals surface area (Å²) in [6.45, 7) is 3.61. The van der Waals surface area contributed by atoms with Crippen LogP contribution in [0.4, 0.5) is 0 Å². The number of aromatic nitrogens is 1. The SMILES string of the molecule is Cc1onc(-c2ccc3c(c2)OCCCO3)c1CN. The van der Waals surface area contributed by atoms with Crippen LogP contribution in [0.5, 0.6) is 11.5 Å². The number of hydrogen-bond acceptors (Lipinski definition) is 5. The Morgan fingerprint density at radius 2 is 2.00 bits per heavy atom. The molecule has 5 nitrogen and oxygen atoms in total. The Morgan fingerprint density at radius 1 is 1.21 bits per heavy atom. The van der Waals surface area contributed by atoms with Crippen molar-refractivity contribution in [2.45, 2.75) is 19.9 Å². The van der Waals surface area contributed by atoms with E-state index < -0.39 is 0 Å². The Kier molecular flexibility index (Phi) is 3.13. The van der Waals surface area contributed by atoms with Gasteiger partial charge < -0.3 is 19.7 Å². The van der Waals surface area contributed by atoms with E-state index in [0.29, 0.717) is 19.8 Å². The third-order valence-corrected chi connectivity index (χ3v) is 3.21. The van der Waals surface area contributed by atoms with E-state index in [1.165, 1.54) is 0 Å². The van der Waals surface area contributed by atoms with Gasteiger partial charge in [0.25, 0.3) is 0 Å². The number of nitrogens with zero attached hydrogens (tertiary/aromatic N) is 1. The highest BCUT2D eigenvalue weighted by molar-refractivity contribution is 5.67. The molecule has 1 aromatic carbocycles. The lowest BCUT2D eigenvalue weighted by molar-refractivity contribution is 0.297. The first-order valence-corrected chi connectivity index (χ1v) is 6.35. The van der Waals surface area contributed by atoms with Crippen molar-refractivity contribution in [2.24, 2.45) is 5.73 Å². The molecule has 0 saturated carbocycles. The summed E-state index contributed by atoms with van der Waals surface area (Å²) in [6.07, 6.45) is 0.890. The highest BCUT2D eigenvalue weighted by Gasteiger charge is 2.16. The third-order valence-electron chi connectivity index (χ3n) is 3.21. The maximum absolute atomic E-state index is 5.74. The molecule has 0 spiro atoms. The number of nitrogens with two attached hydrogens (primary N) is 1. The zero-order valence-corrected chi connectivity index (χ0v) is 10.8. The van der Waals surface area contributed by atoms with E-state index in [1.54, 1.807) is 0 Å². The molecular weight excluding hydrogens is 244 g/mol. The van der Waals surface area contributed by atoms with Gasteiger partial charge in [0.05, 0.1) is 13.2 Å². The van der Waals surface area contributed by atoms with Crippen LogP contribution < -0.4 is 15.2 Å². The smallest absolute Gasteiger partial charge is 0.161 e. The van der Waals surface area contributed by atoms with E-state index in [2.05, 4.69) is 5.16 Å². The van der Waals surface area contributed by atoms with Gasteiger partial charge in [0.2, 0.25) is 0 Å². The molecule has 0 unspecified atom stereocenters. The van der Waals surface area contributed by atoms with Gasteiger partial charge in [-0.25, -0.2) is 0 Å². The molecule has 0 aliphatic carbocycles. The number of benzene rings is 1. The quantitative estimate of drug-likeness (QED) is 0.896. The highest BCUT2D eigenvalue weighted by Crippen LogP contribution is 2.35. The number of aryl methyl sites for hydroxylation is 1. The summed E-state index contributed by atoms with van der Waals surface area (Å²) in [4.78, 5) is 0. The standard InChI is InChI=1S/C14H16N2O3/c1-9-11(8-15)14(16-19-9)10-3-4-12-13(7-10)18-6-2-5-17-12/h3-4,7H,2,5-6,8,15H2,1H3. The van der Waals surface area contributed by atoms with Crippen LogP contribution in [0.3, 0.4) is 0 Å². The first-order valence-electron chi connectivity index (χ1n) is 6.35. The molecule has 0 bridgehead atoms. The first kappa shape index (κ1) is 12.0. The molecule has 0 amide bonds. The largest absolute Gasteiger partial charge is 0.490 e. The molecule has 1 aliphatic rings. The van der Waals surface area contributed by atoms with Gasteiger partial charge in [0.1, 0.15) is 11.5 Å². The zero-order chi connectivity index (χ0) is 13.2. The van der Waals surface area contributed by atoms with Gasteiger partial charge in [0.15, 0.2) is 11.5 Å². The van der Waals surface area contributed by atoms with Crippen molar-refractivity contribution < 1.29 is 14.0 Å². The van der Waals surface area contributed by atoms with Gasteiger partial charge in [-0.3, -0.25) is 0 Å². The van der Waals surface area contributed by atoms with E-state index in [-0.39, 0.29) is 0 Å². The Hall–Kier alpha value is -2.01. The van der Waals surface area contributed by atoms with Crippen molar-refractivity contribution in [3.63, 3.8) is 0 Å². The fourth-order valence-corrected chi connectivity index (χ4v) is 2.17. The molecule has 0 fully saturated rings. The molecule has 100 valence electrons. The molecule has 1 aliphatic heterocycles. The van der Waals surface area contributed by atoms with Gasteiger partial charge in [-0.1, -0.05) is 5.16 Å². The summed E-state index contributed by atoms with van der Waals surface area (Å²) in [5, 5.41) is 4.08. The molecule has 0 saturated heterocycles. The van der Waals surface area contributed by atoms with Gasteiger partial charge >= 0.3 is 0 Å². The van der Waals surface area contributed by atoms with Crippen molar-refractivity contribution in [1.82, 2.24) is 5.16 Å². The van der Waals surface area contributed by atoms with Crippen LogP contribution in [0.2, 0.25) is 0 Å². The summed E-state index contributed by atoms with van der Waals surface area (Å²) >= 11 is 0. The van der Waals surface area contributed by atoms with Crippen LogP contribution in [0.15, 0.2) is 22.7 Å². The van der Waals surface area contributed by atoms with Crippen molar-refractivity contribution in [3.8, 4) is 22.8 Å². The van der Waals surface area contributed by atoms with Crippen LogP contribution in [0.25, 0.3) is 11.3 Å². The van der Waals surface area contributed by atoms with Gasteiger partial charge in [0, 0.05) is 24.1 Å². The maximum Gasteiger partial charge on any atom is 0.161 e. The Morgan fingerprint density at radius 3 is 2.79 bits per heavy atom. The Balaban J connectivity index is 2.03. The number of hydrogen-bond donors (Lipinski definition) is 1. The van der Waals surface area contributed by atoms with Crippen molar-refractivity contribution in [1.29, 1.82) is 0 Å². The predicted octanol–water partition coefficient (Wildman–Crippen LogP) is 2.27. The van der Waals surface area contributed by atoms with E-state index >= 15 is 0 Å². The summed E-state index contributed by atoms with van der Waals surface area (Å²) in [7, 11) is 0. The molecule has 3 rings (SSSR count). The van der Waals surface area contributed by atoms with Crippen molar-refractivity contribution >= 4 is 0 Å². The van der Waals surface area contributed by atoms with Crippen LogP contribution in [0, 0.1) is 6.92 Å². The van der Waals surface area contributed by atoms with Crippen LogP contribution in [-0.4, -0.2) is 18.4 Å². The fraction of sp³-hybridized carbons (Fsp3) is 0.357. The molecule has 19 heavy (non-hydrogen) atoms. The van der Waals surface area contributed by atoms with Crippen molar-refractivity contribution in [2.75, 3.05) is 13.2 Å². The summed E-state index contributed by atoms with van der Waals surface area (Å²) < 4.78 is 16.5. The molecular formula is C14H16N2O3. The van der Waals surface area contributed by atoms with E-state index in [9.17, 15) is 0 Å². The maximum atomic E-state index is 5.74. The normalized spacial score (nSPS) is 14.2. The molecule has 5 heteroatoms. The second-order valence-electron chi connectivity index (χ2n) is 4.48. The second kappa shape index (κ2) is 4.93. The lowest BCUT2D eigenvalue weighted by Gasteiger charge is -2.08. The minimum absolute atomic E-state index is 0.402. The van der Waals surface area contributed by atoms with Gasteiger partial charge in [-0.15, -0.1) is 0 Å². The highest BCUT2D eigenvalue weighted by atomic mass is 16.5. The van der Waals surface area contributed by atoms with E-state index in [1.807, 2.05) is 25.1 Å². The molecule has 2 heterocycles. The predicted molar refractivity (Wildman–Crippen MR) is 70.2 cm³/mol. The molecule has 0 radical (unpaired) electrons. The van der Waals surface area contributed by atoms with Crippen molar-refractivity contribution in [3.05, 3.63) is 29.5 Å². The summed E-state index contributed by atoms with van der Waals surface area (Å²) in [6, 6.07) is 5.78. The summed E-state index contributed by atoms with van der Waals surface area (Å²) in [5.41, 5.74) is 8.37. The van der Waals surface area contributed by atoms with Crippen LogP contribution >= 0.6 is 0 Å². The number of ether oxygens (including phenoxy) is 2.